The van der Waals surface area contributed by atoms with E-state index in [-0.39, 0.29) is 0 Å². The number of hydrogen-bond acceptors (Lipinski definition) is 3. The van der Waals surface area contributed by atoms with Gasteiger partial charge in [-0.15, -0.1) is 0 Å². The maximum atomic E-state index is 5.36. The first-order valence-electron chi connectivity index (χ1n) is 5.78. The molecule has 0 unspecified atom stereocenters. The molecule has 0 aromatic carbocycles. The standard InChI is InChI=1S/C11H25NO2/c1-3-8-13-10-5-6-12-7-11-14-9-4-2/h12H,3-11H2,1-2H3. The summed E-state index contributed by atoms with van der Waals surface area (Å²) in [6.07, 6.45) is 3.30. The van der Waals surface area contributed by atoms with Crippen LogP contribution in [0.3, 0.4) is 0 Å². The molecular formula is C11H25NO2. The monoisotopic (exact) mass is 203 g/mol. The molecule has 3 nitrogen and oxygen atoms in total. The van der Waals surface area contributed by atoms with Crippen LogP contribution in [0.2, 0.25) is 0 Å². The van der Waals surface area contributed by atoms with E-state index < -0.39 is 0 Å². The van der Waals surface area contributed by atoms with Gasteiger partial charge in [0.15, 0.2) is 0 Å². The highest BCUT2D eigenvalue weighted by Gasteiger charge is 1.89. The molecule has 0 aliphatic heterocycles. The Bertz CT molecular complexity index is 87.3. The van der Waals surface area contributed by atoms with Crippen molar-refractivity contribution >= 4 is 0 Å². The normalized spacial score (nSPS) is 10.7. The summed E-state index contributed by atoms with van der Waals surface area (Å²) in [6, 6.07) is 0. The van der Waals surface area contributed by atoms with E-state index in [2.05, 4.69) is 19.2 Å². The lowest BCUT2D eigenvalue weighted by Crippen LogP contribution is -2.22. The largest absolute Gasteiger partial charge is 0.381 e. The molecule has 0 radical (unpaired) electrons. The lowest BCUT2D eigenvalue weighted by Gasteiger charge is -2.05. The van der Waals surface area contributed by atoms with Crippen molar-refractivity contribution in [1.82, 2.24) is 5.32 Å². The van der Waals surface area contributed by atoms with E-state index in [9.17, 15) is 0 Å². The summed E-state index contributed by atoms with van der Waals surface area (Å²) < 4.78 is 10.7. The Morgan fingerprint density at radius 1 is 0.786 bits per heavy atom. The van der Waals surface area contributed by atoms with Crippen LogP contribution in [0.1, 0.15) is 33.1 Å². The average molecular weight is 203 g/mol. The van der Waals surface area contributed by atoms with Gasteiger partial charge in [0.1, 0.15) is 0 Å². The summed E-state index contributed by atoms with van der Waals surface area (Å²) >= 11 is 0. The Balaban J connectivity index is 2.78. The van der Waals surface area contributed by atoms with E-state index in [1.165, 1.54) is 0 Å². The van der Waals surface area contributed by atoms with Crippen LogP contribution < -0.4 is 5.32 Å². The second-order valence-electron chi connectivity index (χ2n) is 3.33. The van der Waals surface area contributed by atoms with E-state index >= 15 is 0 Å². The van der Waals surface area contributed by atoms with Crippen LogP contribution in [0.25, 0.3) is 0 Å². The molecule has 0 atom stereocenters. The van der Waals surface area contributed by atoms with Crippen molar-refractivity contribution in [3.8, 4) is 0 Å². The molecule has 86 valence electrons. The summed E-state index contributed by atoms with van der Waals surface area (Å²) in [5.41, 5.74) is 0. The first-order chi connectivity index (χ1) is 6.91. The van der Waals surface area contributed by atoms with Crippen molar-refractivity contribution in [3.63, 3.8) is 0 Å². The number of ether oxygens (including phenoxy) is 2. The smallest absolute Gasteiger partial charge is 0.0590 e. The molecule has 0 amide bonds. The van der Waals surface area contributed by atoms with Crippen molar-refractivity contribution in [2.75, 3.05) is 39.5 Å². The first-order valence-corrected chi connectivity index (χ1v) is 5.78. The minimum absolute atomic E-state index is 0.823. The van der Waals surface area contributed by atoms with Gasteiger partial charge < -0.3 is 14.8 Å². The van der Waals surface area contributed by atoms with Gasteiger partial charge in [0.2, 0.25) is 0 Å². The zero-order valence-corrected chi connectivity index (χ0v) is 9.68. The Morgan fingerprint density at radius 3 is 2.07 bits per heavy atom. The molecule has 0 spiro atoms. The van der Waals surface area contributed by atoms with Gasteiger partial charge >= 0.3 is 0 Å². The quantitative estimate of drug-likeness (QED) is 0.520. The average Bonchev–Trinajstić information content (AvgIpc) is 2.21. The first kappa shape index (κ1) is 13.9. The van der Waals surface area contributed by atoms with Crippen molar-refractivity contribution in [1.29, 1.82) is 0 Å². The predicted octanol–water partition coefficient (Wildman–Crippen LogP) is 1.82. The SMILES string of the molecule is CCCOCCCNCCOCCC. The van der Waals surface area contributed by atoms with E-state index in [1.807, 2.05) is 0 Å². The van der Waals surface area contributed by atoms with Crippen LogP contribution in [0.5, 0.6) is 0 Å². The van der Waals surface area contributed by atoms with Gasteiger partial charge in [-0.1, -0.05) is 13.8 Å². The van der Waals surface area contributed by atoms with Crippen LogP contribution in [0.15, 0.2) is 0 Å². The molecule has 0 fully saturated rings. The van der Waals surface area contributed by atoms with Crippen molar-refractivity contribution < 1.29 is 9.47 Å². The lowest BCUT2D eigenvalue weighted by atomic mass is 10.4. The highest BCUT2D eigenvalue weighted by Crippen LogP contribution is 1.84. The van der Waals surface area contributed by atoms with Crippen molar-refractivity contribution in [3.05, 3.63) is 0 Å². The maximum Gasteiger partial charge on any atom is 0.0590 e. The van der Waals surface area contributed by atoms with Crippen LogP contribution >= 0.6 is 0 Å². The number of nitrogens with one attached hydrogen (secondary N) is 1. The van der Waals surface area contributed by atoms with Gasteiger partial charge in [0.05, 0.1) is 6.61 Å². The highest BCUT2D eigenvalue weighted by atomic mass is 16.5. The van der Waals surface area contributed by atoms with Gasteiger partial charge in [-0.25, -0.2) is 0 Å². The Morgan fingerprint density at radius 2 is 1.43 bits per heavy atom. The molecule has 3 heteroatoms. The Kier molecular flexibility index (Phi) is 12.8. The molecule has 0 saturated carbocycles. The molecule has 0 heterocycles. The second-order valence-corrected chi connectivity index (χ2v) is 3.33. The van der Waals surface area contributed by atoms with Crippen LogP contribution in [-0.4, -0.2) is 39.5 Å². The molecule has 0 rings (SSSR count). The summed E-state index contributed by atoms with van der Waals surface area (Å²) in [4.78, 5) is 0. The Hall–Kier alpha value is -0.120. The van der Waals surface area contributed by atoms with E-state index in [4.69, 9.17) is 9.47 Å². The molecule has 0 aliphatic carbocycles. The molecule has 1 N–H and O–H groups in total. The van der Waals surface area contributed by atoms with Crippen LogP contribution in [0, 0.1) is 0 Å². The molecule has 0 aliphatic rings. The lowest BCUT2D eigenvalue weighted by molar-refractivity contribution is 0.126. The summed E-state index contributed by atoms with van der Waals surface area (Å²) in [6.45, 7) is 9.69. The van der Waals surface area contributed by atoms with Crippen molar-refractivity contribution in [2.45, 2.75) is 33.1 Å². The summed E-state index contributed by atoms with van der Waals surface area (Å²) in [5, 5.41) is 3.32. The minimum Gasteiger partial charge on any atom is -0.381 e. The van der Waals surface area contributed by atoms with E-state index in [0.717, 1.165) is 58.8 Å². The minimum atomic E-state index is 0.823. The third kappa shape index (κ3) is 11.9. The summed E-state index contributed by atoms with van der Waals surface area (Å²) in [5.74, 6) is 0. The fraction of sp³-hybridized carbons (Fsp3) is 1.00. The summed E-state index contributed by atoms with van der Waals surface area (Å²) in [7, 11) is 0. The fourth-order valence-electron chi connectivity index (χ4n) is 1.06. The molecular weight excluding hydrogens is 178 g/mol. The van der Waals surface area contributed by atoms with Gasteiger partial charge in [-0.3, -0.25) is 0 Å². The molecule has 0 aromatic heterocycles. The van der Waals surface area contributed by atoms with Gasteiger partial charge in [-0.05, 0) is 25.8 Å². The maximum absolute atomic E-state index is 5.36. The van der Waals surface area contributed by atoms with Gasteiger partial charge in [0, 0.05) is 26.4 Å². The van der Waals surface area contributed by atoms with E-state index in [0.29, 0.717) is 0 Å². The van der Waals surface area contributed by atoms with Crippen LogP contribution in [-0.2, 0) is 9.47 Å². The third-order valence-corrected chi connectivity index (χ3v) is 1.76. The second kappa shape index (κ2) is 12.9. The zero-order valence-electron chi connectivity index (χ0n) is 9.68. The molecule has 0 saturated heterocycles. The molecule has 0 aromatic rings. The van der Waals surface area contributed by atoms with Gasteiger partial charge in [-0.2, -0.15) is 0 Å². The predicted molar refractivity (Wildman–Crippen MR) is 59.7 cm³/mol. The highest BCUT2D eigenvalue weighted by molar-refractivity contribution is 4.46. The molecule has 0 bridgehead atoms. The number of rotatable bonds is 11. The Labute approximate surface area is 88.2 Å². The van der Waals surface area contributed by atoms with E-state index in [1.54, 1.807) is 0 Å². The zero-order chi connectivity index (χ0) is 10.5. The topological polar surface area (TPSA) is 30.5 Å². The molecule has 14 heavy (non-hydrogen) atoms. The van der Waals surface area contributed by atoms with Crippen molar-refractivity contribution in [2.24, 2.45) is 0 Å². The van der Waals surface area contributed by atoms with Crippen LogP contribution in [0.4, 0.5) is 0 Å². The third-order valence-electron chi connectivity index (χ3n) is 1.76. The number of hydrogen-bond donors (Lipinski definition) is 1. The van der Waals surface area contributed by atoms with Gasteiger partial charge in [0.25, 0.3) is 0 Å². The fourth-order valence-corrected chi connectivity index (χ4v) is 1.06.